The van der Waals surface area contributed by atoms with Gasteiger partial charge in [-0.15, -0.1) is 0 Å². The molecule has 2 unspecified atom stereocenters. The van der Waals surface area contributed by atoms with Crippen LogP contribution in [0.3, 0.4) is 0 Å². The fraction of sp³-hybridized carbons (Fsp3) is 0.409. The normalized spacial score (nSPS) is 20.6. The monoisotopic (exact) mass is 381 g/mol. The molecule has 0 saturated carbocycles. The van der Waals surface area contributed by atoms with E-state index in [0.717, 1.165) is 23.6 Å². The molecule has 2 aliphatic heterocycles. The summed E-state index contributed by atoms with van der Waals surface area (Å²) < 4.78 is 2.36. The Morgan fingerprint density at radius 3 is 2.89 bits per heavy atom. The van der Waals surface area contributed by atoms with Gasteiger partial charge < -0.3 is 9.67 Å². The van der Waals surface area contributed by atoms with Crippen LogP contribution in [0.1, 0.15) is 47.4 Å². The minimum atomic E-state index is -0.551. The largest absolute Gasteiger partial charge is 0.387 e. The van der Waals surface area contributed by atoms with E-state index < -0.39 is 6.10 Å². The second-order valence-electron chi connectivity index (χ2n) is 7.83. The van der Waals surface area contributed by atoms with Gasteiger partial charge in [-0.05, 0) is 67.3 Å². The second-order valence-corrected chi connectivity index (χ2v) is 8.27. The lowest BCUT2D eigenvalue weighted by molar-refractivity contribution is 0.155. The van der Waals surface area contributed by atoms with Crippen molar-refractivity contribution in [2.45, 2.75) is 44.9 Å². The number of aryl methyl sites for hydroxylation is 1. The summed E-state index contributed by atoms with van der Waals surface area (Å²) in [7, 11) is 0. The number of nitrogens with zero attached hydrogens (tertiary/aromatic N) is 3. The first-order chi connectivity index (χ1) is 13.1. The molecule has 5 rings (SSSR count). The summed E-state index contributed by atoms with van der Waals surface area (Å²) in [5, 5.41) is 13.0. The highest BCUT2D eigenvalue weighted by atomic mass is 35.5. The van der Waals surface area contributed by atoms with Crippen LogP contribution >= 0.6 is 11.6 Å². The van der Waals surface area contributed by atoms with Crippen molar-refractivity contribution in [1.29, 1.82) is 0 Å². The Bertz CT molecular complexity index is 998. The topological polar surface area (TPSA) is 41.3 Å². The summed E-state index contributed by atoms with van der Waals surface area (Å²) in [4.78, 5) is 6.68. The maximum atomic E-state index is 10.9. The quantitative estimate of drug-likeness (QED) is 0.729. The van der Waals surface area contributed by atoms with E-state index in [1.165, 1.54) is 47.1 Å². The first-order valence-electron chi connectivity index (χ1n) is 9.76. The molecule has 1 saturated heterocycles. The lowest BCUT2D eigenvalue weighted by Crippen LogP contribution is -2.31. The van der Waals surface area contributed by atoms with Crippen molar-refractivity contribution in [3.05, 3.63) is 64.1 Å². The zero-order valence-electron chi connectivity index (χ0n) is 15.5. The molecule has 0 radical (unpaired) electrons. The number of pyridine rings is 1. The number of rotatable bonds is 3. The van der Waals surface area contributed by atoms with E-state index in [1.54, 1.807) is 12.4 Å². The number of benzene rings is 1. The van der Waals surface area contributed by atoms with Crippen molar-refractivity contribution in [3.63, 3.8) is 0 Å². The molecule has 0 bridgehead atoms. The Hall–Kier alpha value is -1.88. The van der Waals surface area contributed by atoms with Crippen LogP contribution in [0.4, 0.5) is 0 Å². The molecule has 1 fully saturated rings. The maximum absolute atomic E-state index is 10.9. The van der Waals surface area contributed by atoms with Crippen LogP contribution in [-0.2, 0) is 13.0 Å². The van der Waals surface area contributed by atoms with Gasteiger partial charge in [0.15, 0.2) is 0 Å². The molecule has 2 atom stereocenters. The first-order valence-corrected chi connectivity index (χ1v) is 10.1. The average molecular weight is 382 g/mol. The molecule has 1 aromatic carbocycles. The van der Waals surface area contributed by atoms with E-state index in [2.05, 4.69) is 27.4 Å². The number of hydrogen-bond acceptors (Lipinski definition) is 3. The summed E-state index contributed by atoms with van der Waals surface area (Å²) in [6.45, 7) is 4.98. The van der Waals surface area contributed by atoms with Gasteiger partial charge in [0.2, 0.25) is 0 Å². The summed E-state index contributed by atoms with van der Waals surface area (Å²) in [5.74, 6) is 0. The third-order valence-corrected chi connectivity index (χ3v) is 6.46. The summed E-state index contributed by atoms with van der Waals surface area (Å²) in [5.41, 5.74) is 6.14. The van der Waals surface area contributed by atoms with Gasteiger partial charge in [0.25, 0.3) is 0 Å². The smallest absolute Gasteiger partial charge is 0.0970 e. The highest BCUT2D eigenvalue weighted by Crippen LogP contribution is 2.44. The fourth-order valence-electron chi connectivity index (χ4n) is 5.11. The van der Waals surface area contributed by atoms with Crippen LogP contribution < -0.4 is 0 Å². The number of fused-ring (bicyclic) bond motifs is 5. The molecule has 4 nitrogen and oxygen atoms in total. The van der Waals surface area contributed by atoms with Gasteiger partial charge in [0.05, 0.1) is 18.2 Å². The van der Waals surface area contributed by atoms with Crippen LogP contribution in [0.15, 0.2) is 36.7 Å². The van der Waals surface area contributed by atoms with E-state index in [1.807, 2.05) is 18.2 Å². The van der Waals surface area contributed by atoms with Crippen LogP contribution in [0.5, 0.6) is 0 Å². The van der Waals surface area contributed by atoms with Crippen molar-refractivity contribution >= 4 is 22.5 Å². The van der Waals surface area contributed by atoms with Crippen LogP contribution in [0.2, 0.25) is 5.02 Å². The average Bonchev–Trinajstić information content (AvgIpc) is 3.25. The molecule has 140 valence electrons. The Morgan fingerprint density at radius 2 is 2.07 bits per heavy atom. The molecular weight excluding hydrogens is 358 g/mol. The van der Waals surface area contributed by atoms with Crippen molar-refractivity contribution in [3.8, 4) is 0 Å². The Balaban J connectivity index is 1.68. The molecule has 5 heteroatoms. The second kappa shape index (κ2) is 6.62. The fourth-order valence-corrected chi connectivity index (χ4v) is 5.38. The zero-order valence-corrected chi connectivity index (χ0v) is 16.3. The lowest BCUT2D eigenvalue weighted by atomic mass is 9.95. The van der Waals surface area contributed by atoms with Gasteiger partial charge in [-0.25, -0.2) is 0 Å². The highest BCUT2D eigenvalue weighted by molar-refractivity contribution is 6.31. The Kier molecular flexibility index (Phi) is 4.23. The van der Waals surface area contributed by atoms with Crippen molar-refractivity contribution < 1.29 is 5.11 Å². The van der Waals surface area contributed by atoms with Gasteiger partial charge in [0, 0.05) is 47.5 Å². The zero-order chi connectivity index (χ0) is 18.5. The number of aliphatic hydroxyl groups excluding tert-OH is 1. The minimum Gasteiger partial charge on any atom is -0.387 e. The summed E-state index contributed by atoms with van der Waals surface area (Å²) in [6, 6.07) is 8.45. The predicted octanol–water partition coefficient (Wildman–Crippen LogP) is 4.42. The van der Waals surface area contributed by atoms with E-state index in [4.69, 9.17) is 11.6 Å². The third kappa shape index (κ3) is 2.78. The maximum Gasteiger partial charge on any atom is 0.0970 e. The molecule has 0 amide bonds. The van der Waals surface area contributed by atoms with Crippen LogP contribution in [0.25, 0.3) is 10.9 Å². The van der Waals surface area contributed by atoms with Crippen molar-refractivity contribution in [2.75, 3.05) is 13.1 Å². The Labute approximate surface area is 164 Å². The van der Waals surface area contributed by atoms with Crippen LogP contribution in [0, 0.1) is 6.92 Å². The Morgan fingerprint density at radius 1 is 1.26 bits per heavy atom. The standard InChI is InChI=1S/C22H24ClN3O/c1-14-11-16(23)12-17-21-18-3-2-9-25(18)10-6-19(21)26(22(14)17)13-20(27)15-4-7-24-8-5-15/h4-5,7-8,11-12,18,20,27H,2-3,6,9-10,13H2,1H3. The van der Waals surface area contributed by atoms with Crippen molar-refractivity contribution in [2.24, 2.45) is 0 Å². The van der Waals surface area contributed by atoms with Gasteiger partial charge >= 0.3 is 0 Å². The van der Waals surface area contributed by atoms with Gasteiger partial charge in [-0.1, -0.05) is 11.6 Å². The third-order valence-electron chi connectivity index (χ3n) is 6.24. The SMILES string of the molecule is Cc1cc(Cl)cc2c3c(n(CC(O)c4ccncc4)c12)CCN1CCCC31. The van der Waals surface area contributed by atoms with Gasteiger partial charge in [-0.3, -0.25) is 9.88 Å². The molecule has 27 heavy (non-hydrogen) atoms. The van der Waals surface area contributed by atoms with E-state index in [0.29, 0.717) is 12.6 Å². The lowest BCUT2D eigenvalue weighted by Gasteiger charge is -2.31. The first kappa shape index (κ1) is 17.2. The molecule has 1 N–H and O–H groups in total. The number of aliphatic hydroxyl groups is 1. The minimum absolute atomic E-state index is 0.494. The highest BCUT2D eigenvalue weighted by Gasteiger charge is 2.36. The number of hydrogen-bond donors (Lipinski definition) is 1. The van der Waals surface area contributed by atoms with E-state index in [-0.39, 0.29) is 0 Å². The molecule has 2 aliphatic rings. The molecule has 3 aromatic rings. The van der Waals surface area contributed by atoms with Gasteiger partial charge in [0.1, 0.15) is 0 Å². The number of halogens is 1. The van der Waals surface area contributed by atoms with Gasteiger partial charge in [-0.2, -0.15) is 0 Å². The van der Waals surface area contributed by atoms with Crippen LogP contribution in [-0.4, -0.2) is 32.6 Å². The predicted molar refractivity (Wildman–Crippen MR) is 108 cm³/mol. The van der Waals surface area contributed by atoms with E-state index in [9.17, 15) is 5.11 Å². The van der Waals surface area contributed by atoms with E-state index >= 15 is 0 Å². The molecule has 2 aromatic heterocycles. The number of aromatic nitrogens is 2. The molecule has 4 heterocycles. The summed E-state index contributed by atoms with van der Waals surface area (Å²) >= 11 is 6.44. The summed E-state index contributed by atoms with van der Waals surface area (Å²) in [6.07, 6.45) is 6.43. The molecule has 0 spiro atoms. The molecule has 0 aliphatic carbocycles. The molecular formula is C22H24ClN3O. The van der Waals surface area contributed by atoms with Crippen molar-refractivity contribution in [1.82, 2.24) is 14.5 Å².